The molecular weight excluding hydrogens is 304 g/mol. The summed E-state index contributed by atoms with van der Waals surface area (Å²) in [5, 5.41) is 2.97. The molecule has 2 rings (SSSR count). The zero-order chi connectivity index (χ0) is 17.2. The Hall–Kier alpha value is -1.59. The molecule has 0 saturated carbocycles. The Balaban J connectivity index is 1.60. The quantitative estimate of drug-likeness (QED) is 0.706. The Bertz CT molecular complexity index is 501. The number of carbonyl (C=O) groups is 1. The number of amides is 2. The number of ether oxygens (including phenoxy) is 2. The van der Waals surface area contributed by atoms with Gasteiger partial charge in [-0.25, -0.2) is 4.79 Å². The normalized spacial score (nSPS) is 17.0. The van der Waals surface area contributed by atoms with E-state index in [1.54, 1.807) is 0 Å². The minimum absolute atomic E-state index is 0.0156. The lowest BCUT2D eigenvalue weighted by Gasteiger charge is -2.21. The van der Waals surface area contributed by atoms with Crippen LogP contribution in [-0.2, 0) is 16.0 Å². The summed E-state index contributed by atoms with van der Waals surface area (Å²) in [6.07, 6.45) is 3.32. The highest BCUT2D eigenvalue weighted by Crippen LogP contribution is 2.12. The van der Waals surface area contributed by atoms with Gasteiger partial charge < -0.3 is 19.7 Å². The zero-order valence-corrected chi connectivity index (χ0v) is 14.9. The molecule has 24 heavy (non-hydrogen) atoms. The van der Waals surface area contributed by atoms with Crippen LogP contribution in [0.15, 0.2) is 24.3 Å². The van der Waals surface area contributed by atoms with Crippen LogP contribution in [0.2, 0.25) is 0 Å². The highest BCUT2D eigenvalue weighted by atomic mass is 16.5. The minimum atomic E-state index is -0.0156. The molecule has 1 saturated heterocycles. The van der Waals surface area contributed by atoms with Gasteiger partial charge in [-0.15, -0.1) is 0 Å². The molecule has 1 aliphatic rings. The third-order valence-corrected chi connectivity index (χ3v) is 4.19. The molecule has 0 spiro atoms. The van der Waals surface area contributed by atoms with E-state index in [2.05, 4.69) is 30.4 Å². The molecule has 1 aliphatic heterocycles. The van der Waals surface area contributed by atoms with Crippen LogP contribution in [0, 0.1) is 6.92 Å². The first-order valence-electron chi connectivity index (χ1n) is 8.96. The number of aryl methyl sites for hydroxylation is 1. The molecule has 0 radical (unpaired) electrons. The van der Waals surface area contributed by atoms with Crippen LogP contribution in [0.5, 0.6) is 0 Å². The summed E-state index contributed by atoms with van der Waals surface area (Å²) in [6.45, 7) is 8.21. The van der Waals surface area contributed by atoms with E-state index in [-0.39, 0.29) is 12.1 Å². The number of nitrogens with zero attached hydrogens (tertiary/aromatic N) is 1. The van der Waals surface area contributed by atoms with Crippen molar-refractivity contribution in [3.8, 4) is 0 Å². The molecule has 1 aromatic rings. The van der Waals surface area contributed by atoms with Gasteiger partial charge in [0.2, 0.25) is 0 Å². The fraction of sp³-hybridized carbons (Fsp3) is 0.632. The number of hydrogen-bond acceptors (Lipinski definition) is 3. The Morgan fingerprint density at radius 2 is 2.33 bits per heavy atom. The Morgan fingerprint density at radius 1 is 1.46 bits per heavy atom. The smallest absolute Gasteiger partial charge is 0.317 e. The molecule has 1 aromatic carbocycles. The standard InChI is InChI=1S/C19H30N2O3/c1-3-21(14-17-8-4-7-16(2)13-17)19(22)20-10-6-11-23-15-18-9-5-12-24-18/h4,7-8,13,18H,3,5-6,9-12,14-15H2,1-2H3,(H,20,22). The average molecular weight is 334 g/mol. The van der Waals surface area contributed by atoms with Crippen molar-refractivity contribution in [3.05, 3.63) is 35.4 Å². The maximum Gasteiger partial charge on any atom is 0.317 e. The van der Waals surface area contributed by atoms with Crippen LogP contribution in [0.3, 0.4) is 0 Å². The third kappa shape index (κ3) is 6.49. The largest absolute Gasteiger partial charge is 0.379 e. The van der Waals surface area contributed by atoms with Crippen molar-refractivity contribution >= 4 is 6.03 Å². The van der Waals surface area contributed by atoms with E-state index < -0.39 is 0 Å². The average Bonchev–Trinajstić information content (AvgIpc) is 3.09. The maximum absolute atomic E-state index is 12.3. The van der Waals surface area contributed by atoms with Gasteiger partial charge >= 0.3 is 6.03 Å². The summed E-state index contributed by atoms with van der Waals surface area (Å²) in [6, 6.07) is 8.26. The highest BCUT2D eigenvalue weighted by Gasteiger charge is 2.15. The summed E-state index contributed by atoms with van der Waals surface area (Å²) in [5.41, 5.74) is 2.37. The second kappa shape index (κ2) is 10.3. The predicted octanol–water partition coefficient (Wildman–Crippen LogP) is 3.11. The van der Waals surface area contributed by atoms with Crippen molar-refractivity contribution in [1.82, 2.24) is 10.2 Å². The van der Waals surface area contributed by atoms with E-state index in [1.165, 1.54) is 5.56 Å². The predicted molar refractivity (Wildman–Crippen MR) is 95.1 cm³/mol. The first kappa shape index (κ1) is 18.7. The van der Waals surface area contributed by atoms with E-state index >= 15 is 0 Å². The number of nitrogens with one attached hydrogen (secondary N) is 1. The first-order chi connectivity index (χ1) is 11.7. The van der Waals surface area contributed by atoms with Gasteiger partial charge in [0.05, 0.1) is 12.7 Å². The van der Waals surface area contributed by atoms with Gasteiger partial charge in [0.15, 0.2) is 0 Å². The molecule has 1 heterocycles. The van der Waals surface area contributed by atoms with Crippen LogP contribution in [0.25, 0.3) is 0 Å². The van der Waals surface area contributed by atoms with E-state index in [1.807, 2.05) is 17.9 Å². The van der Waals surface area contributed by atoms with Crippen LogP contribution in [-0.4, -0.2) is 49.9 Å². The van der Waals surface area contributed by atoms with Crippen molar-refractivity contribution in [2.24, 2.45) is 0 Å². The maximum atomic E-state index is 12.3. The van der Waals surface area contributed by atoms with Crippen LogP contribution in [0.1, 0.15) is 37.3 Å². The van der Waals surface area contributed by atoms with Gasteiger partial charge in [-0.1, -0.05) is 29.8 Å². The lowest BCUT2D eigenvalue weighted by molar-refractivity contribution is 0.0167. The van der Waals surface area contributed by atoms with Crippen molar-refractivity contribution in [2.45, 2.75) is 45.8 Å². The second-order valence-corrected chi connectivity index (χ2v) is 6.30. The topological polar surface area (TPSA) is 50.8 Å². The molecule has 134 valence electrons. The van der Waals surface area contributed by atoms with Crippen molar-refractivity contribution in [2.75, 3.05) is 32.9 Å². The first-order valence-corrected chi connectivity index (χ1v) is 8.96. The zero-order valence-electron chi connectivity index (χ0n) is 14.9. The highest BCUT2D eigenvalue weighted by molar-refractivity contribution is 5.74. The number of urea groups is 1. The molecule has 1 N–H and O–H groups in total. The lowest BCUT2D eigenvalue weighted by atomic mass is 10.1. The van der Waals surface area contributed by atoms with E-state index in [9.17, 15) is 4.79 Å². The minimum Gasteiger partial charge on any atom is -0.379 e. The molecule has 0 aromatic heterocycles. The number of benzene rings is 1. The molecule has 5 heteroatoms. The van der Waals surface area contributed by atoms with Crippen LogP contribution in [0.4, 0.5) is 4.79 Å². The SMILES string of the molecule is CCN(Cc1cccc(C)c1)C(=O)NCCCOCC1CCCO1. The van der Waals surface area contributed by atoms with Gasteiger partial charge in [-0.3, -0.25) is 0 Å². The van der Waals surface area contributed by atoms with Gasteiger partial charge in [-0.2, -0.15) is 0 Å². The number of rotatable bonds is 9. The summed E-state index contributed by atoms with van der Waals surface area (Å²) in [4.78, 5) is 14.1. The Kier molecular flexibility index (Phi) is 8.05. The molecule has 1 fully saturated rings. The van der Waals surface area contributed by atoms with E-state index in [0.717, 1.165) is 31.4 Å². The summed E-state index contributed by atoms with van der Waals surface area (Å²) in [7, 11) is 0. The molecule has 5 nitrogen and oxygen atoms in total. The van der Waals surface area contributed by atoms with Crippen molar-refractivity contribution in [1.29, 1.82) is 0 Å². The number of carbonyl (C=O) groups excluding carboxylic acids is 1. The van der Waals surface area contributed by atoms with Crippen LogP contribution < -0.4 is 5.32 Å². The molecule has 0 bridgehead atoms. The summed E-state index contributed by atoms with van der Waals surface area (Å²) >= 11 is 0. The van der Waals surface area contributed by atoms with Crippen molar-refractivity contribution in [3.63, 3.8) is 0 Å². The third-order valence-electron chi connectivity index (χ3n) is 4.19. The fourth-order valence-corrected chi connectivity index (χ4v) is 2.83. The van der Waals surface area contributed by atoms with Crippen molar-refractivity contribution < 1.29 is 14.3 Å². The molecule has 0 aliphatic carbocycles. The molecule has 1 atom stereocenters. The lowest BCUT2D eigenvalue weighted by Crippen LogP contribution is -2.40. The monoisotopic (exact) mass is 334 g/mol. The summed E-state index contributed by atoms with van der Waals surface area (Å²) < 4.78 is 11.1. The van der Waals surface area contributed by atoms with Gasteiger partial charge in [0.1, 0.15) is 0 Å². The number of hydrogen-bond donors (Lipinski definition) is 1. The van der Waals surface area contributed by atoms with Gasteiger partial charge in [0.25, 0.3) is 0 Å². The molecular formula is C19H30N2O3. The van der Waals surface area contributed by atoms with Gasteiger partial charge in [0, 0.05) is 32.8 Å². The molecule has 1 unspecified atom stereocenters. The Morgan fingerprint density at radius 3 is 3.04 bits per heavy atom. The summed E-state index contributed by atoms with van der Waals surface area (Å²) in [5.74, 6) is 0. The molecule has 2 amide bonds. The van der Waals surface area contributed by atoms with E-state index in [0.29, 0.717) is 32.8 Å². The second-order valence-electron chi connectivity index (χ2n) is 6.30. The Labute approximate surface area is 145 Å². The van der Waals surface area contributed by atoms with Gasteiger partial charge in [-0.05, 0) is 38.7 Å². The van der Waals surface area contributed by atoms with E-state index in [4.69, 9.17) is 9.47 Å². The fourth-order valence-electron chi connectivity index (χ4n) is 2.83. The van der Waals surface area contributed by atoms with Crippen LogP contribution >= 0.6 is 0 Å².